The Labute approximate surface area is 182 Å². The molecule has 31 heavy (non-hydrogen) atoms. The minimum atomic E-state index is -0.133. The van der Waals surface area contributed by atoms with Crippen molar-refractivity contribution in [3.8, 4) is 0 Å². The number of aliphatic imine (C=N–C) groups is 1. The first-order chi connectivity index (χ1) is 14.8. The molecule has 9 heteroatoms. The molecule has 1 aromatic carbocycles. The number of anilines is 1. The van der Waals surface area contributed by atoms with Crippen molar-refractivity contribution in [2.75, 3.05) is 12.4 Å². The van der Waals surface area contributed by atoms with Crippen molar-refractivity contribution in [3.05, 3.63) is 66.1 Å². The summed E-state index contributed by atoms with van der Waals surface area (Å²) in [5.41, 5.74) is 1.66. The summed E-state index contributed by atoms with van der Waals surface area (Å²) in [5, 5.41) is 13.4. The van der Waals surface area contributed by atoms with Crippen LogP contribution in [0.4, 0.5) is 5.69 Å². The molecule has 9 nitrogen and oxygen atoms in total. The Bertz CT molecular complexity index is 1020. The molecule has 0 saturated carbocycles. The molecule has 3 N–H and O–H groups in total. The van der Waals surface area contributed by atoms with Crippen molar-refractivity contribution in [1.82, 2.24) is 25.4 Å². The predicted octanol–water partition coefficient (Wildman–Crippen LogP) is 2.67. The maximum Gasteiger partial charge on any atom is 0.246 e. The molecule has 0 saturated heterocycles. The quantitative estimate of drug-likeness (QED) is 0.398. The first kappa shape index (κ1) is 22.1. The van der Waals surface area contributed by atoms with Crippen LogP contribution in [0.3, 0.4) is 0 Å². The number of hydrogen-bond donors (Lipinski definition) is 3. The van der Waals surface area contributed by atoms with Crippen molar-refractivity contribution in [2.24, 2.45) is 4.99 Å². The smallest absolute Gasteiger partial charge is 0.246 e. The number of carbonyl (C=O) groups excluding carboxylic acids is 1. The second-order valence-electron chi connectivity index (χ2n) is 8.10. The third kappa shape index (κ3) is 6.70. The van der Waals surface area contributed by atoms with Crippen molar-refractivity contribution in [2.45, 2.75) is 45.8 Å². The lowest BCUT2D eigenvalue weighted by atomic mass is 9.94. The number of benzene rings is 1. The van der Waals surface area contributed by atoms with Crippen LogP contribution >= 0.6 is 0 Å². The number of carbonyl (C=O) groups is 1. The third-order valence-corrected chi connectivity index (χ3v) is 4.46. The summed E-state index contributed by atoms with van der Waals surface area (Å²) in [5.74, 6) is 1.95. The fraction of sp³-hybridized carbons (Fsp3) is 0.364. The summed E-state index contributed by atoms with van der Waals surface area (Å²) >= 11 is 0. The molecular weight excluding hydrogens is 394 g/mol. The average molecular weight is 424 g/mol. The molecular formula is C22H29N7O2. The number of rotatable bonds is 7. The normalized spacial score (nSPS) is 11.9. The second kappa shape index (κ2) is 9.92. The lowest BCUT2D eigenvalue weighted by Gasteiger charge is -2.14. The van der Waals surface area contributed by atoms with Gasteiger partial charge in [-0.2, -0.15) is 5.10 Å². The Hall–Kier alpha value is -3.62. The van der Waals surface area contributed by atoms with E-state index in [0.717, 1.165) is 17.0 Å². The Morgan fingerprint density at radius 2 is 2.00 bits per heavy atom. The van der Waals surface area contributed by atoms with Crippen LogP contribution < -0.4 is 16.0 Å². The zero-order valence-corrected chi connectivity index (χ0v) is 18.3. The highest BCUT2D eigenvalue weighted by Crippen LogP contribution is 2.22. The van der Waals surface area contributed by atoms with E-state index in [2.05, 4.69) is 51.8 Å². The summed E-state index contributed by atoms with van der Waals surface area (Å²) < 4.78 is 7.37. The highest BCUT2D eigenvalue weighted by atomic mass is 16.4. The van der Waals surface area contributed by atoms with Gasteiger partial charge in [-0.25, -0.2) is 4.98 Å². The summed E-state index contributed by atoms with van der Waals surface area (Å²) in [7, 11) is 1.71. The Balaban J connectivity index is 1.49. The van der Waals surface area contributed by atoms with Gasteiger partial charge in [-0.1, -0.05) is 32.9 Å². The molecule has 0 aliphatic heterocycles. The van der Waals surface area contributed by atoms with Gasteiger partial charge in [0.05, 0.1) is 12.7 Å². The summed E-state index contributed by atoms with van der Waals surface area (Å²) in [4.78, 5) is 20.7. The van der Waals surface area contributed by atoms with Crippen LogP contribution in [0.15, 0.2) is 58.3 Å². The van der Waals surface area contributed by atoms with Crippen LogP contribution in [0.2, 0.25) is 0 Å². The molecule has 0 unspecified atom stereocenters. The molecule has 1 amide bonds. The molecule has 0 fully saturated rings. The van der Waals surface area contributed by atoms with Crippen molar-refractivity contribution >= 4 is 17.6 Å². The Morgan fingerprint density at radius 3 is 2.68 bits per heavy atom. The second-order valence-corrected chi connectivity index (χ2v) is 8.10. The van der Waals surface area contributed by atoms with Crippen LogP contribution in [0, 0.1) is 0 Å². The standard InChI is InChI=1S/C22H29N7O2/c1-22(2,3)18-13-24-20(31-18)14-26-21(23-4)25-12-16-7-5-8-17(11-16)28-19(30)15-29-10-6-9-27-29/h5-11,13H,12,14-15H2,1-4H3,(H,28,30)(H2,23,25,26). The van der Waals surface area contributed by atoms with Gasteiger partial charge < -0.3 is 20.4 Å². The molecule has 3 rings (SSSR count). The van der Waals surface area contributed by atoms with Gasteiger partial charge in [0.15, 0.2) is 5.96 Å². The summed E-state index contributed by atoms with van der Waals surface area (Å²) in [6.07, 6.45) is 5.16. The molecule has 2 aromatic heterocycles. The van der Waals surface area contributed by atoms with Gasteiger partial charge >= 0.3 is 0 Å². The fourth-order valence-corrected chi connectivity index (χ4v) is 2.81. The zero-order valence-electron chi connectivity index (χ0n) is 18.3. The number of nitrogens with zero attached hydrogens (tertiary/aromatic N) is 4. The molecule has 164 valence electrons. The van der Waals surface area contributed by atoms with Crippen LogP contribution in [0.5, 0.6) is 0 Å². The SMILES string of the molecule is CN=C(NCc1cccc(NC(=O)Cn2cccn2)c1)NCc1ncc(C(C)(C)C)o1. The van der Waals surface area contributed by atoms with Crippen LogP contribution in [-0.4, -0.2) is 33.7 Å². The maximum atomic E-state index is 12.2. The van der Waals surface area contributed by atoms with Gasteiger partial charge in [0.2, 0.25) is 11.8 Å². The monoisotopic (exact) mass is 423 g/mol. The molecule has 0 spiro atoms. The number of oxazole rings is 1. The Kier molecular flexibility index (Phi) is 7.07. The van der Waals surface area contributed by atoms with Gasteiger partial charge in [0.25, 0.3) is 0 Å². The highest BCUT2D eigenvalue weighted by Gasteiger charge is 2.19. The summed E-state index contributed by atoms with van der Waals surface area (Å²) in [6.45, 7) is 7.39. The van der Waals surface area contributed by atoms with Gasteiger partial charge in [-0.15, -0.1) is 0 Å². The lowest BCUT2D eigenvalue weighted by molar-refractivity contribution is -0.116. The molecule has 0 bridgehead atoms. The van der Waals surface area contributed by atoms with Crippen molar-refractivity contribution in [3.63, 3.8) is 0 Å². The Morgan fingerprint density at radius 1 is 1.19 bits per heavy atom. The van der Waals surface area contributed by atoms with E-state index in [1.807, 2.05) is 24.3 Å². The fourth-order valence-electron chi connectivity index (χ4n) is 2.81. The van der Waals surface area contributed by atoms with E-state index in [9.17, 15) is 4.79 Å². The lowest BCUT2D eigenvalue weighted by Crippen LogP contribution is -2.36. The van der Waals surface area contributed by atoms with E-state index < -0.39 is 0 Å². The summed E-state index contributed by atoms with van der Waals surface area (Å²) in [6, 6.07) is 9.44. The van der Waals surface area contributed by atoms with Gasteiger partial charge in [0.1, 0.15) is 12.3 Å². The predicted molar refractivity (Wildman–Crippen MR) is 120 cm³/mol. The average Bonchev–Trinajstić information content (AvgIpc) is 3.40. The van der Waals surface area contributed by atoms with Crippen molar-refractivity contribution in [1.29, 1.82) is 0 Å². The minimum absolute atomic E-state index is 0.0794. The van der Waals surface area contributed by atoms with Crippen LogP contribution in [-0.2, 0) is 29.8 Å². The molecule has 0 radical (unpaired) electrons. The topological polar surface area (TPSA) is 109 Å². The molecule has 3 aromatic rings. The third-order valence-electron chi connectivity index (χ3n) is 4.46. The number of aromatic nitrogens is 3. The van der Waals surface area contributed by atoms with E-state index in [1.165, 1.54) is 0 Å². The first-order valence-corrected chi connectivity index (χ1v) is 10.1. The zero-order chi connectivity index (χ0) is 22.3. The van der Waals surface area contributed by atoms with E-state index in [-0.39, 0.29) is 17.9 Å². The van der Waals surface area contributed by atoms with E-state index in [0.29, 0.717) is 24.9 Å². The molecule has 0 atom stereocenters. The number of nitrogens with one attached hydrogen (secondary N) is 3. The van der Waals surface area contributed by atoms with Gasteiger partial charge in [-0.05, 0) is 23.8 Å². The van der Waals surface area contributed by atoms with E-state index in [4.69, 9.17) is 4.42 Å². The van der Waals surface area contributed by atoms with Gasteiger partial charge in [0, 0.05) is 37.1 Å². The molecule has 2 heterocycles. The van der Waals surface area contributed by atoms with Crippen molar-refractivity contribution < 1.29 is 9.21 Å². The highest BCUT2D eigenvalue weighted by molar-refractivity contribution is 5.90. The first-order valence-electron chi connectivity index (χ1n) is 10.1. The van der Waals surface area contributed by atoms with Crippen LogP contribution in [0.1, 0.15) is 38.0 Å². The maximum absolute atomic E-state index is 12.2. The van der Waals surface area contributed by atoms with E-state index >= 15 is 0 Å². The van der Waals surface area contributed by atoms with Crippen LogP contribution in [0.25, 0.3) is 0 Å². The molecule has 0 aliphatic carbocycles. The number of guanidine groups is 1. The molecule has 0 aliphatic rings. The minimum Gasteiger partial charge on any atom is -0.443 e. The largest absolute Gasteiger partial charge is 0.443 e. The van der Waals surface area contributed by atoms with E-state index in [1.54, 1.807) is 36.4 Å². The number of amides is 1. The number of hydrogen-bond acceptors (Lipinski definition) is 5. The van der Waals surface area contributed by atoms with Gasteiger partial charge in [-0.3, -0.25) is 14.5 Å².